The lowest BCUT2D eigenvalue weighted by molar-refractivity contribution is -0.117. The zero-order chi connectivity index (χ0) is 16.4. The van der Waals surface area contributed by atoms with Crippen molar-refractivity contribution in [2.45, 2.75) is 26.2 Å². The average molecular weight is 308 g/mol. The monoisotopic (exact) mass is 308 g/mol. The fourth-order valence-corrected chi connectivity index (χ4v) is 2.86. The topological polar surface area (TPSA) is 59.8 Å². The third-order valence-electron chi connectivity index (χ3n) is 4.06. The first kappa shape index (κ1) is 15.2. The lowest BCUT2D eigenvalue weighted by atomic mass is 9.95. The van der Waals surface area contributed by atoms with Gasteiger partial charge in [0.15, 0.2) is 5.65 Å². The number of benzene rings is 1. The molecule has 0 saturated carbocycles. The zero-order valence-electron chi connectivity index (χ0n) is 13.6. The van der Waals surface area contributed by atoms with Crippen molar-refractivity contribution in [1.82, 2.24) is 14.8 Å². The van der Waals surface area contributed by atoms with Crippen LogP contribution in [-0.4, -0.2) is 20.7 Å². The molecule has 0 aliphatic rings. The summed E-state index contributed by atoms with van der Waals surface area (Å²) >= 11 is 0. The number of hydrogen-bond acceptors (Lipinski definition) is 3. The first-order valence-electron chi connectivity index (χ1n) is 7.75. The van der Waals surface area contributed by atoms with E-state index < -0.39 is 0 Å². The van der Waals surface area contributed by atoms with Crippen molar-refractivity contribution in [3.05, 3.63) is 53.9 Å². The van der Waals surface area contributed by atoms with Gasteiger partial charge in [0.2, 0.25) is 5.91 Å². The summed E-state index contributed by atoms with van der Waals surface area (Å²) in [6.07, 6.45) is 2.43. The van der Waals surface area contributed by atoms with Gasteiger partial charge in [0.1, 0.15) is 0 Å². The molecular formula is C18H20N4O. The fraction of sp³-hybridized carbons (Fsp3) is 0.278. The number of rotatable bonds is 4. The van der Waals surface area contributed by atoms with E-state index in [-0.39, 0.29) is 11.8 Å². The van der Waals surface area contributed by atoms with E-state index in [9.17, 15) is 4.79 Å². The molecular weight excluding hydrogens is 288 g/mol. The highest BCUT2D eigenvalue weighted by Gasteiger charge is 2.19. The highest BCUT2D eigenvalue weighted by atomic mass is 16.1. The average Bonchev–Trinajstić information content (AvgIpc) is 2.83. The molecule has 0 fully saturated rings. The summed E-state index contributed by atoms with van der Waals surface area (Å²) < 4.78 is 1.75. The third-order valence-corrected chi connectivity index (χ3v) is 4.06. The van der Waals surface area contributed by atoms with Gasteiger partial charge in [0, 0.05) is 12.4 Å². The van der Waals surface area contributed by atoms with Gasteiger partial charge in [0.25, 0.3) is 0 Å². The first-order chi connectivity index (χ1) is 11.1. The quantitative estimate of drug-likeness (QED) is 0.803. The van der Waals surface area contributed by atoms with Crippen molar-refractivity contribution < 1.29 is 4.79 Å². The molecule has 5 nitrogen and oxygen atoms in total. The summed E-state index contributed by atoms with van der Waals surface area (Å²) in [5, 5.41) is 8.29. The Balaban J connectivity index is 1.86. The molecule has 3 aromatic rings. The molecule has 118 valence electrons. The number of anilines is 1. The number of amides is 1. The standard InChI is InChI=1S/C18H20N4O/c1-4-15(13-8-6-5-7-9-13)18(23)20-14-10-16-12(2)21-22(3)17(16)19-11-14/h5-11,15H,4H2,1-3H3,(H,20,23). The van der Waals surface area contributed by atoms with Crippen LogP contribution in [0.15, 0.2) is 42.6 Å². The number of nitrogens with zero attached hydrogens (tertiary/aromatic N) is 3. The lowest BCUT2D eigenvalue weighted by Crippen LogP contribution is -2.20. The number of pyridine rings is 1. The van der Waals surface area contributed by atoms with Crippen LogP contribution in [-0.2, 0) is 11.8 Å². The second kappa shape index (κ2) is 6.20. The summed E-state index contributed by atoms with van der Waals surface area (Å²) in [6, 6.07) is 11.8. The number of carbonyl (C=O) groups excluding carboxylic acids is 1. The Bertz CT molecular complexity index is 839. The third kappa shape index (κ3) is 2.95. The van der Waals surface area contributed by atoms with Gasteiger partial charge < -0.3 is 5.32 Å². The van der Waals surface area contributed by atoms with Crippen LogP contribution in [0, 0.1) is 6.92 Å². The molecule has 5 heteroatoms. The van der Waals surface area contributed by atoms with Crippen LogP contribution in [0.3, 0.4) is 0 Å². The predicted molar refractivity (Wildman–Crippen MR) is 91.3 cm³/mol. The molecule has 1 atom stereocenters. The number of fused-ring (bicyclic) bond motifs is 1. The van der Waals surface area contributed by atoms with Crippen LogP contribution in [0.5, 0.6) is 0 Å². The van der Waals surface area contributed by atoms with E-state index in [2.05, 4.69) is 15.4 Å². The molecule has 2 heterocycles. The maximum atomic E-state index is 12.6. The molecule has 3 rings (SSSR count). The molecule has 0 aliphatic heterocycles. The Hall–Kier alpha value is -2.69. The fourth-order valence-electron chi connectivity index (χ4n) is 2.86. The summed E-state index contributed by atoms with van der Waals surface area (Å²) in [7, 11) is 1.86. The van der Waals surface area contributed by atoms with Crippen LogP contribution < -0.4 is 5.32 Å². The van der Waals surface area contributed by atoms with E-state index in [1.54, 1.807) is 10.9 Å². The molecule has 0 radical (unpaired) electrons. The molecule has 1 aromatic carbocycles. The molecule has 0 bridgehead atoms. The van der Waals surface area contributed by atoms with Crippen molar-refractivity contribution in [1.29, 1.82) is 0 Å². The summed E-state index contributed by atoms with van der Waals surface area (Å²) in [5.41, 5.74) is 3.45. The molecule has 2 aromatic heterocycles. The summed E-state index contributed by atoms with van der Waals surface area (Å²) in [4.78, 5) is 17.0. The second-order valence-corrected chi connectivity index (χ2v) is 5.66. The van der Waals surface area contributed by atoms with E-state index in [1.165, 1.54) is 0 Å². The highest BCUT2D eigenvalue weighted by molar-refractivity contribution is 5.97. The van der Waals surface area contributed by atoms with Crippen LogP contribution in [0.4, 0.5) is 5.69 Å². The van der Waals surface area contributed by atoms with E-state index in [1.807, 2.05) is 57.3 Å². The van der Waals surface area contributed by atoms with Crippen molar-refractivity contribution in [3.8, 4) is 0 Å². The van der Waals surface area contributed by atoms with Crippen molar-refractivity contribution in [3.63, 3.8) is 0 Å². The Kier molecular flexibility index (Phi) is 4.10. The highest BCUT2D eigenvalue weighted by Crippen LogP contribution is 2.23. The Morgan fingerprint density at radius 2 is 2.04 bits per heavy atom. The molecule has 0 saturated heterocycles. The lowest BCUT2D eigenvalue weighted by Gasteiger charge is -2.15. The summed E-state index contributed by atoms with van der Waals surface area (Å²) in [5.74, 6) is -0.178. The van der Waals surface area contributed by atoms with Gasteiger partial charge in [-0.25, -0.2) is 4.98 Å². The Morgan fingerprint density at radius 1 is 1.30 bits per heavy atom. The minimum absolute atomic E-state index is 0.0126. The van der Waals surface area contributed by atoms with Gasteiger partial charge in [-0.05, 0) is 25.0 Å². The van der Waals surface area contributed by atoms with Gasteiger partial charge in [0.05, 0.1) is 23.5 Å². The normalized spacial score (nSPS) is 12.3. The van der Waals surface area contributed by atoms with E-state index in [4.69, 9.17) is 0 Å². The van der Waals surface area contributed by atoms with Crippen molar-refractivity contribution in [2.24, 2.45) is 7.05 Å². The van der Waals surface area contributed by atoms with Crippen molar-refractivity contribution >= 4 is 22.6 Å². The first-order valence-corrected chi connectivity index (χ1v) is 7.75. The van der Waals surface area contributed by atoms with Crippen LogP contribution in [0.25, 0.3) is 11.0 Å². The SMILES string of the molecule is CCC(C(=O)Nc1cnc2c(c1)c(C)nn2C)c1ccccc1. The molecule has 1 amide bonds. The van der Waals surface area contributed by atoms with Crippen LogP contribution in [0.2, 0.25) is 0 Å². The summed E-state index contributed by atoms with van der Waals surface area (Å²) in [6.45, 7) is 3.96. The van der Waals surface area contributed by atoms with Gasteiger partial charge >= 0.3 is 0 Å². The number of aryl methyl sites for hydroxylation is 2. The molecule has 0 aliphatic carbocycles. The minimum Gasteiger partial charge on any atom is -0.324 e. The largest absolute Gasteiger partial charge is 0.324 e. The molecule has 23 heavy (non-hydrogen) atoms. The van der Waals surface area contributed by atoms with Gasteiger partial charge in [-0.1, -0.05) is 37.3 Å². The van der Waals surface area contributed by atoms with Gasteiger partial charge in [-0.3, -0.25) is 9.48 Å². The molecule has 1 unspecified atom stereocenters. The number of nitrogens with one attached hydrogen (secondary N) is 1. The van der Waals surface area contributed by atoms with Crippen LogP contribution >= 0.6 is 0 Å². The Morgan fingerprint density at radius 3 is 2.74 bits per heavy atom. The molecule has 0 spiro atoms. The van der Waals surface area contributed by atoms with Gasteiger partial charge in [-0.15, -0.1) is 0 Å². The zero-order valence-corrected chi connectivity index (χ0v) is 13.6. The predicted octanol–water partition coefficient (Wildman–Crippen LogP) is 3.41. The van der Waals surface area contributed by atoms with Crippen molar-refractivity contribution in [2.75, 3.05) is 5.32 Å². The van der Waals surface area contributed by atoms with E-state index in [0.29, 0.717) is 5.69 Å². The Labute approximate surface area is 135 Å². The van der Waals surface area contributed by atoms with Crippen LogP contribution in [0.1, 0.15) is 30.5 Å². The number of aromatic nitrogens is 3. The smallest absolute Gasteiger partial charge is 0.231 e. The number of carbonyl (C=O) groups is 1. The van der Waals surface area contributed by atoms with Gasteiger partial charge in [-0.2, -0.15) is 5.10 Å². The van der Waals surface area contributed by atoms with E-state index in [0.717, 1.165) is 28.7 Å². The second-order valence-electron chi connectivity index (χ2n) is 5.66. The maximum Gasteiger partial charge on any atom is 0.231 e. The maximum absolute atomic E-state index is 12.6. The minimum atomic E-state index is -0.165. The molecule has 1 N–H and O–H groups in total. The number of hydrogen-bond donors (Lipinski definition) is 1. The van der Waals surface area contributed by atoms with E-state index >= 15 is 0 Å².